The van der Waals surface area contributed by atoms with Crippen molar-refractivity contribution in [2.24, 2.45) is 0 Å². The first-order chi connectivity index (χ1) is 25.5. The average molecular weight is 727 g/mol. The Morgan fingerprint density at radius 1 is 0.615 bits per heavy atom. The van der Waals surface area contributed by atoms with E-state index in [4.69, 9.17) is 33.2 Å². The number of pyridine rings is 3. The smallest absolute Gasteiger partial charge is 0.0739 e. The molecule has 4 aliphatic rings. The molecule has 5 heterocycles. The van der Waals surface area contributed by atoms with Gasteiger partial charge in [-0.25, -0.2) is 0 Å². The van der Waals surface area contributed by atoms with Crippen molar-refractivity contribution in [2.75, 3.05) is 26.2 Å². The van der Waals surface area contributed by atoms with Crippen LogP contribution in [0.3, 0.4) is 0 Å². The molecule has 0 amide bonds. The maximum atomic E-state index is 6.34. The number of benzene rings is 2. The third-order valence-electron chi connectivity index (χ3n) is 11.0. The lowest BCUT2D eigenvalue weighted by Gasteiger charge is -2.30. The standard InChI is InChI=1S/C26H26ClN3.C19H19ClN2/c1-18-13-19(16-28-15-18)17-30-11-8-20(9-12-30)25-24-7-6-23(27)14-22(24)5-4-21-3-2-10-29-26(21)25;20-16-5-6-17-15(12-16)4-3-14-2-1-9-22-19(14)18(17)13-7-10-21-11-8-13/h2-3,6-7,10,13-16H,4-5,8-9,11-12,17H2,1H3;1-2,5-6,9,12,21H,3-4,7-8,10-11H2. The van der Waals surface area contributed by atoms with E-state index in [2.05, 4.69) is 70.7 Å². The minimum atomic E-state index is 0.818. The van der Waals surface area contributed by atoms with Crippen LogP contribution >= 0.6 is 23.2 Å². The Labute approximate surface area is 317 Å². The van der Waals surface area contributed by atoms with Crippen molar-refractivity contribution in [3.63, 3.8) is 0 Å². The van der Waals surface area contributed by atoms with Gasteiger partial charge in [-0.3, -0.25) is 19.9 Å². The monoisotopic (exact) mass is 725 g/mol. The predicted octanol–water partition coefficient (Wildman–Crippen LogP) is 9.65. The fraction of sp³-hybridized carbons (Fsp3) is 0.311. The molecule has 264 valence electrons. The van der Waals surface area contributed by atoms with E-state index < -0.39 is 0 Å². The maximum absolute atomic E-state index is 6.34. The summed E-state index contributed by atoms with van der Waals surface area (Å²) in [4.78, 5) is 16.5. The van der Waals surface area contributed by atoms with Crippen molar-refractivity contribution < 1.29 is 0 Å². The zero-order chi connectivity index (χ0) is 35.4. The van der Waals surface area contributed by atoms with Crippen LogP contribution in [0.2, 0.25) is 10.0 Å². The Bertz CT molecular complexity index is 2150. The molecule has 0 radical (unpaired) electrons. The molecule has 3 aromatic heterocycles. The molecule has 2 saturated heterocycles. The Hall–Kier alpha value is -4.13. The van der Waals surface area contributed by atoms with Gasteiger partial charge in [0.15, 0.2) is 0 Å². The highest BCUT2D eigenvalue weighted by molar-refractivity contribution is 6.31. The van der Waals surface area contributed by atoms with Gasteiger partial charge < -0.3 is 5.32 Å². The molecule has 9 rings (SSSR count). The van der Waals surface area contributed by atoms with Crippen LogP contribution in [0.4, 0.5) is 0 Å². The first-order valence-electron chi connectivity index (χ1n) is 18.7. The number of piperidine rings is 2. The third kappa shape index (κ3) is 7.65. The largest absolute Gasteiger partial charge is 0.316 e. The van der Waals surface area contributed by atoms with Crippen molar-refractivity contribution in [1.29, 1.82) is 0 Å². The maximum Gasteiger partial charge on any atom is 0.0739 e. The van der Waals surface area contributed by atoms with Crippen LogP contribution in [0.25, 0.3) is 11.1 Å². The molecule has 0 spiro atoms. The van der Waals surface area contributed by atoms with Crippen molar-refractivity contribution in [3.05, 3.63) is 169 Å². The number of aromatic nitrogens is 3. The van der Waals surface area contributed by atoms with E-state index in [1.54, 1.807) is 0 Å². The first kappa shape index (κ1) is 34.9. The van der Waals surface area contributed by atoms with Crippen LogP contribution in [0, 0.1) is 6.92 Å². The van der Waals surface area contributed by atoms with Crippen LogP contribution in [0.15, 0.2) is 103 Å². The number of rotatable bonds is 2. The molecule has 52 heavy (non-hydrogen) atoms. The fourth-order valence-corrected chi connectivity index (χ4v) is 8.83. The number of likely N-dealkylation sites (tertiary alicyclic amines) is 1. The van der Waals surface area contributed by atoms with E-state index >= 15 is 0 Å². The van der Waals surface area contributed by atoms with Crippen molar-refractivity contribution in [1.82, 2.24) is 25.2 Å². The van der Waals surface area contributed by atoms with Crippen molar-refractivity contribution in [2.45, 2.75) is 64.8 Å². The molecule has 2 aliphatic heterocycles. The van der Waals surface area contributed by atoms with E-state index in [-0.39, 0.29) is 0 Å². The second-order valence-corrected chi connectivity index (χ2v) is 15.4. The second kappa shape index (κ2) is 15.9. The molecule has 2 fully saturated rings. The highest BCUT2D eigenvalue weighted by Gasteiger charge is 2.26. The molecule has 0 unspecified atom stereocenters. The number of aryl methyl sites for hydroxylation is 5. The van der Waals surface area contributed by atoms with Gasteiger partial charge in [-0.2, -0.15) is 0 Å². The summed E-state index contributed by atoms with van der Waals surface area (Å²) in [5.74, 6) is 0. The summed E-state index contributed by atoms with van der Waals surface area (Å²) in [5.41, 5.74) is 18.7. The second-order valence-electron chi connectivity index (χ2n) is 14.5. The summed E-state index contributed by atoms with van der Waals surface area (Å²) in [5, 5.41) is 5.10. The topological polar surface area (TPSA) is 53.9 Å². The molecule has 2 aromatic carbocycles. The lowest BCUT2D eigenvalue weighted by atomic mass is 9.88. The van der Waals surface area contributed by atoms with Gasteiger partial charge in [0.2, 0.25) is 0 Å². The fourth-order valence-electron chi connectivity index (χ4n) is 8.44. The summed E-state index contributed by atoms with van der Waals surface area (Å²) >= 11 is 12.6. The van der Waals surface area contributed by atoms with Gasteiger partial charge in [-0.1, -0.05) is 64.7 Å². The number of hydrogen-bond acceptors (Lipinski definition) is 5. The third-order valence-corrected chi connectivity index (χ3v) is 11.4. The number of nitrogens with zero attached hydrogens (tertiary/aromatic N) is 4. The Morgan fingerprint density at radius 3 is 1.71 bits per heavy atom. The molecule has 7 heteroatoms. The van der Waals surface area contributed by atoms with Crippen LogP contribution in [0.1, 0.15) is 81.6 Å². The number of nitrogens with one attached hydrogen (secondary N) is 1. The molecule has 0 atom stereocenters. The van der Waals surface area contributed by atoms with Gasteiger partial charge in [0, 0.05) is 65.6 Å². The quantitative estimate of drug-likeness (QED) is 0.197. The number of hydrogen-bond donors (Lipinski definition) is 1. The van der Waals surface area contributed by atoms with Crippen LogP contribution in [0.5, 0.6) is 0 Å². The van der Waals surface area contributed by atoms with E-state index in [9.17, 15) is 0 Å². The van der Waals surface area contributed by atoms with Gasteiger partial charge in [-0.05, 0) is 152 Å². The molecule has 0 saturated carbocycles. The minimum absolute atomic E-state index is 0.818. The summed E-state index contributed by atoms with van der Waals surface area (Å²) in [6.45, 7) is 7.33. The molecule has 0 bridgehead atoms. The van der Waals surface area contributed by atoms with Gasteiger partial charge >= 0.3 is 0 Å². The lowest BCUT2D eigenvalue weighted by Crippen LogP contribution is -2.30. The molecule has 5 aromatic rings. The van der Waals surface area contributed by atoms with E-state index in [0.29, 0.717) is 0 Å². The summed E-state index contributed by atoms with van der Waals surface area (Å²) in [6.07, 6.45) is 16.2. The average Bonchev–Trinajstić information content (AvgIpc) is 3.43. The molecule has 5 nitrogen and oxygen atoms in total. The van der Waals surface area contributed by atoms with E-state index in [1.165, 1.54) is 78.2 Å². The molecular formula is C45H45Cl2N5. The lowest BCUT2D eigenvalue weighted by molar-refractivity contribution is 0.248. The summed E-state index contributed by atoms with van der Waals surface area (Å²) < 4.78 is 0. The SMILES string of the molecule is Cc1cncc(CN2CCC(=C3c4ccc(Cl)cc4CCc4cccnc43)CC2)c1.Clc1ccc2c(c1)CCc1cccnc1C2=C1CCNCC1. The number of fused-ring (bicyclic) bond motifs is 4. The number of halogens is 2. The zero-order valence-electron chi connectivity index (χ0n) is 29.9. The molecular weight excluding hydrogens is 681 g/mol. The summed E-state index contributed by atoms with van der Waals surface area (Å²) in [6, 6.07) is 23.5. The van der Waals surface area contributed by atoms with E-state index in [1.807, 2.05) is 43.0 Å². The van der Waals surface area contributed by atoms with E-state index in [0.717, 1.165) is 94.1 Å². The van der Waals surface area contributed by atoms with Crippen LogP contribution < -0.4 is 5.32 Å². The molecule has 2 aliphatic carbocycles. The minimum Gasteiger partial charge on any atom is -0.316 e. The normalized spacial score (nSPS) is 17.1. The first-order valence-corrected chi connectivity index (χ1v) is 19.5. The Balaban J connectivity index is 0.000000156. The van der Waals surface area contributed by atoms with Gasteiger partial charge in [0.05, 0.1) is 11.4 Å². The van der Waals surface area contributed by atoms with Crippen molar-refractivity contribution >= 4 is 34.3 Å². The van der Waals surface area contributed by atoms with Gasteiger partial charge in [-0.15, -0.1) is 0 Å². The highest BCUT2D eigenvalue weighted by Crippen LogP contribution is 2.40. The van der Waals surface area contributed by atoms with Gasteiger partial charge in [0.25, 0.3) is 0 Å². The van der Waals surface area contributed by atoms with Crippen molar-refractivity contribution in [3.8, 4) is 0 Å². The summed E-state index contributed by atoms with van der Waals surface area (Å²) in [7, 11) is 0. The molecule has 1 N–H and O–H groups in total. The predicted molar refractivity (Wildman–Crippen MR) is 214 cm³/mol. The van der Waals surface area contributed by atoms with Crippen LogP contribution in [-0.4, -0.2) is 46.0 Å². The Kier molecular flexibility index (Phi) is 10.6. The van der Waals surface area contributed by atoms with Crippen LogP contribution in [-0.2, 0) is 32.2 Å². The van der Waals surface area contributed by atoms with Gasteiger partial charge in [0.1, 0.15) is 0 Å². The Morgan fingerprint density at radius 2 is 1.15 bits per heavy atom. The highest BCUT2D eigenvalue weighted by atomic mass is 35.5. The zero-order valence-corrected chi connectivity index (χ0v) is 31.4.